The lowest BCUT2D eigenvalue weighted by molar-refractivity contribution is -0.137. The Hall–Kier alpha value is -4.46. The van der Waals surface area contributed by atoms with Gasteiger partial charge in [-0.3, -0.25) is 14.4 Å². The number of nitrogens with one attached hydrogen (secondary N) is 1. The highest BCUT2D eigenvalue weighted by atomic mass is 16.4. The number of carboxylic acids is 1. The van der Waals surface area contributed by atoms with Crippen LogP contribution in [0.2, 0.25) is 0 Å². The van der Waals surface area contributed by atoms with Crippen LogP contribution in [-0.2, 0) is 17.8 Å². The zero-order valence-electron chi connectivity index (χ0n) is 19.7. The van der Waals surface area contributed by atoms with E-state index in [1.807, 2.05) is 60.7 Å². The molecule has 0 unspecified atom stereocenters. The highest BCUT2D eigenvalue weighted by Crippen LogP contribution is 2.30. The fourth-order valence-corrected chi connectivity index (χ4v) is 4.11. The summed E-state index contributed by atoms with van der Waals surface area (Å²) in [6.45, 7) is 0.632. The van der Waals surface area contributed by atoms with Crippen LogP contribution < -0.4 is 10.9 Å². The van der Waals surface area contributed by atoms with Gasteiger partial charge in [0.15, 0.2) is 11.4 Å². The van der Waals surface area contributed by atoms with E-state index in [0.717, 1.165) is 5.56 Å². The van der Waals surface area contributed by atoms with Gasteiger partial charge in [-0.15, -0.1) is 0 Å². The van der Waals surface area contributed by atoms with Crippen LogP contribution in [0.25, 0.3) is 22.0 Å². The molecule has 0 aliphatic heterocycles. The number of aliphatic carboxylic acids is 1. The van der Waals surface area contributed by atoms with E-state index in [1.165, 1.54) is 6.20 Å². The molecule has 8 heteroatoms. The maximum absolute atomic E-state index is 13.5. The third kappa shape index (κ3) is 5.60. The molecule has 2 aromatic heterocycles. The summed E-state index contributed by atoms with van der Waals surface area (Å²) in [7, 11) is 0. The summed E-state index contributed by atoms with van der Waals surface area (Å²) in [6.07, 6.45) is 2.99. The number of aryl methyl sites for hydroxylation is 2. The quantitative estimate of drug-likeness (QED) is 0.292. The van der Waals surface area contributed by atoms with Crippen LogP contribution in [0.1, 0.15) is 35.3 Å². The second-order valence-electron chi connectivity index (χ2n) is 8.48. The monoisotopic (exact) mass is 485 g/mol. The molecular formula is C28H27N3O5. The zero-order chi connectivity index (χ0) is 25.5. The summed E-state index contributed by atoms with van der Waals surface area (Å²) < 4.78 is 1.59. The number of nitrogens with zero attached hydrogens (tertiary/aromatic N) is 2. The van der Waals surface area contributed by atoms with Gasteiger partial charge in [0, 0.05) is 30.5 Å². The Balaban J connectivity index is 1.71. The largest absolute Gasteiger partial charge is 0.505 e. The van der Waals surface area contributed by atoms with Crippen LogP contribution in [0.4, 0.5) is 0 Å². The topological polar surface area (TPSA) is 122 Å². The number of benzene rings is 2. The molecule has 3 N–H and O–H groups in total. The van der Waals surface area contributed by atoms with Crippen LogP contribution in [0, 0.1) is 0 Å². The van der Waals surface area contributed by atoms with Gasteiger partial charge in [-0.1, -0.05) is 60.7 Å². The molecule has 4 aromatic rings. The number of fused-ring (bicyclic) bond motifs is 1. The van der Waals surface area contributed by atoms with Crippen LogP contribution >= 0.6 is 0 Å². The molecule has 184 valence electrons. The molecule has 36 heavy (non-hydrogen) atoms. The van der Waals surface area contributed by atoms with Crippen LogP contribution in [0.5, 0.6) is 5.75 Å². The number of unbranched alkanes of at least 4 members (excludes halogenated alkanes) is 1. The minimum absolute atomic E-state index is 0.0259. The van der Waals surface area contributed by atoms with Gasteiger partial charge in [-0.05, 0) is 36.5 Å². The normalized spacial score (nSPS) is 10.9. The maximum Gasteiger partial charge on any atom is 0.303 e. The number of carbonyl (C=O) groups is 2. The van der Waals surface area contributed by atoms with E-state index in [1.54, 1.807) is 10.6 Å². The Bertz CT molecular complexity index is 1430. The number of amides is 1. The number of pyridine rings is 2. The molecule has 8 nitrogen and oxygen atoms in total. The third-order valence-electron chi connectivity index (χ3n) is 6.00. The van der Waals surface area contributed by atoms with Crippen molar-refractivity contribution in [2.75, 3.05) is 6.54 Å². The Morgan fingerprint density at radius 2 is 1.67 bits per heavy atom. The van der Waals surface area contributed by atoms with E-state index in [0.29, 0.717) is 47.8 Å². The first-order valence-electron chi connectivity index (χ1n) is 11.8. The molecule has 0 spiro atoms. The molecule has 0 aliphatic rings. The lowest BCUT2D eigenvalue weighted by atomic mass is 10.0. The molecule has 2 heterocycles. The van der Waals surface area contributed by atoms with Crippen LogP contribution in [0.3, 0.4) is 0 Å². The summed E-state index contributed by atoms with van der Waals surface area (Å²) in [5, 5.41) is 22.8. The number of carboxylic acid groups (broad SMARTS) is 1. The lowest BCUT2D eigenvalue weighted by Crippen LogP contribution is -2.26. The molecule has 0 bridgehead atoms. The Morgan fingerprint density at radius 3 is 2.36 bits per heavy atom. The fourth-order valence-electron chi connectivity index (χ4n) is 4.11. The van der Waals surface area contributed by atoms with Gasteiger partial charge in [0.25, 0.3) is 11.5 Å². The van der Waals surface area contributed by atoms with E-state index < -0.39 is 11.9 Å². The number of carbonyl (C=O) groups excluding carboxylic acids is 1. The summed E-state index contributed by atoms with van der Waals surface area (Å²) in [4.78, 5) is 41.0. The Kier molecular flexibility index (Phi) is 7.75. The summed E-state index contributed by atoms with van der Waals surface area (Å²) in [5.41, 5.74) is 2.27. The van der Waals surface area contributed by atoms with Crippen molar-refractivity contribution in [3.05, 3.63) is 94.5 Å². The molecule has 0 saturated carbocycles. The summed E-state index contributed by atoms with van der Waals surface area (Å²) in [6, 6.07) is 20.6. The van der Waals surface area contributed by atoms with Crippen molar-refractivity contribution in [1.29, 1.82) is 0 Å². The van der Waals surface area contributed by atoms with Crippen molar-refractivity contribution in [3.63, 3.8) is 0 Å². The second-order valence-corrected chi connectivity index (χ2v) is 8.48. The standard InChI is InChI=1S/C28H27N3O5/c32-24(33)13-7-8-15-29-27(35)25-26(34)22-17-21(20-11-5-2-6-12-20)28(36)31(23(22)18-30-25)16-14-19-9-3-1-4-10-19/h1-6,9-12,17-18,34H,7-8,13-16H2,(H,29,35)(H,32,33). The van der Waals surface area contributed by atoms with Gasteiger partial charge < -0.3 is 20.1 Å². The van der Waals surface area contributed by atoms with E-state index in [-0.39, 0.29) is 30.0 Å². The van der Waals surface area contributed by atoms with Crippen LogP contribution in [-0.4, -0.2) is 38.2 Å². The van der Waals surface area contributed by atoms with Gasteiger partial charge in [0.1, 0.15) is 0 Å². The molecule has 1 amide bonds. The average molecular weight is 486 g/mol. The Morgan fingerprint density at radius 1 is 0.972 bits per heavy atom. The molecule has 0 saturated heterocycles. The fraction of sp³-hybridized carbons (Fsp3) is 0.214. The Labute approximate surface area is 207 Å². The van der Waals surface area contributed by atoms with E-state index in [9.17, 15) is 19.5 Å². The molecule has 2 aromatic carbocycles. The van der Waals surface area contributed by atoms with Gasteiger partial charge in [0.05, 0.1) is 11.7 Å². The second kappa shape index (κ2) is 11.3. The highest BCUT2D eigenvalue weighted by molar-refractivity contribution is 6.01. The minimum Gasteiger partial charge on any atom is -0.505 e. The van der Waals surface area contributed by atoms with Crippen LogP contribution in [0.15, 0.2) is 77.7 Å². The molecular weight excluding hydrogens is 458 g/mol. The number of aromatic nitrogens is 2. The van der Waals surface area contributed by atoms with E-state index >= 15 is 0 Å². The molecule has 0 radical (unpaired) electrons. The first-order valence-corrected chi connectivity index (χ1v) is 11.8. The first-order chi connectivity index (χ1) is 17.5. The highest BCUT2D eigenvalue weighted by Gasteiger charge is 2.20. The maximum atomic E-state index is 13.5. The minimum atomic E-state index is -0.886. The van der Waals surface area contributed by atoms with Gasteiger partial charge in [-0.2, -0.15) is 0 Å². The van der Waals surface area contributed by atoms with Crippen molar-refractivity contribution in [3.8, 4) is 16.9 Å². The summed E-state index contributed by atoms with van der Waals surface area (Å²) in [5.74, 6) is -1.75. The van der Waals surface area contributed by atoms with Crippen molar-refractivity contribution >= 4 is 22.8 Å². The predicted octanol–water partition coefficient (Wildman–Crippen LogP) is 4.00. The zero-order valence-corrected chi connectivity index (χ0v) is 19.7. The molecule has 4 rings (SSSR count). The molecule has 0 atom stereocenters. The predicted molar refractivity (Wildman–Crippen MR) is 137 cm³/mol. The van der Waals surface area contributed by atoms with Gasteiger partial charge in [0.2, 0.25) is 0 Å². The number of hydrogen-bond donors (Lipinski definition) is 3. The lowest BCUT2D eigenvalue weighted by Gasteiger charge is -2.15. The van der Waals surface area contributed by atoms with Crippen molar-refractivity contribution < 1.29 is 19.8 Å². The van der Waals surface area contributed by atoms with Gasteiger partial charge >= 0.3 is 5.97 Å². The molecule has 0 aliphatic carbocycles. The summed E-state index contributed by atoms with van der Waals surface area (Å²) >= 11 is 0. The third-order valence-corrected chi connectivity index (χ3v) is 6.00. The van der Waals surface area contributed by atoms with Crippen molar-refractivity contribution in [2.24, 2.45) is 0 Å². The van der Waals surface area contributed by atoms with E-state index in [4.69, 9.17) is 5.11 Å². The molecule has 0 fully saturated rings. The van der Waals surface area contributed by atoms with Crippen molar-refractivity contribution in [2.45, 2.75) is 32.2 Å². The average Bonchev–Trinajstić information content (AvgIpc) is 2.89. The van der Waals surface area contributed by atoms with E-state index in [2.05, 4.69) is 10.3 Å². The SMILES string of the molecule is O=C(O)CCCCNC(=O)c1ncc2c(cc(-c3ccccc3)c(=O)n2CCc2ccccc2)c1O. The first kappa shape index (κ1) is 24.7. The smallest absolute Gasteiger partial charge is 0.303 e. The number of rotatable bonds is 10. The van der Waals surface area contributed by atoms with Crippen molar-refractivity contribution in [1.82, 2.24) is 14.9 Å². The number of hydrogen-bond acceptors (Lipinski definition) is 5. The number of aromatic hydroxyl groups is 1. The van der Waals surface area contributed by atoms with Gasteiger partial charge in [-0.25, -0.2) is 4.98 Å².